The molecule has 0 spiro atoms. The Hall–Kier alpha value is -2.44. The minimum atomic E-state index is -0.475. The fourth-order valence-electron chi connectivity index (χ4n) is 2.51. The molecule has 1 aromatic carbocycles. The Kier molecular flexibility index (Phi) is 3.92. The Bertz CT molecular complexity index is 909. The summed E-state index contributed by atoms with van der Waals surface area (Å²) in [6, 6.07) is 13.0. The first-order valence-corrected chi connectivity index (χ1v) is 9.01. The molecule has 3 aromatic rings. The van der Waals surface area contributed by atoms with E-state index in [4.69, 9.17) is 9.47 Å². The second-order valence-corrected chi connectivity index (χ2v) is 7.23. The van der Waals surface area contributed by atoms with Gasteiger partial charge in [0, 0.05) is 16.0 Å². The van der Waals surface area contributed by atoms with Gasteiger partial charge in [-0.3, -0.25) is 4.79 Å². The maximum Gasteiger partial charge on any atom is 0.348 e. The second-order valence-electron chi connectivity index (χ2n) is 5.23. The van der Waals surface area contributed by atoms with Crippen LogP contribution in [0, 0.1) is 0 Å². The predicted octanol–water partition coefficient (Wildman–Crippen LogP) is 4.41. The molecule has 4 rings (SSSR count). The Morgan fingerprint density at radius 1 is 1.12 bits per heavy atom. The van der Waals surface area contributed by atoms with Gasteiger partial charge in [0.1, 0.15) is 17.2 Å². The molecule has 0 radical (unpaired) electrons. The lowest BCUT2D eigenvalue weighted by atomic mass is 10.1. The summed E-state index contributed by atoms with van der Waals surface area (Å²) in [5.41, 5.74) is 1.95. The second kappa shape index (κ2) is 6.22. The number of benzene rings is 1. The average molecular weight is 356 g/mol. The SMILES string of the molecule is O=C(COC(=O)c1cc2c(s1)-c1ccccc1OC2)c1cccs1. The number of rotatable bonds is 4. The van der Waals surface area contributed by atoms with E-state index >= 15 is 0 Å². The highest BCUT2D eigenvalue weighted by molar-refractivity contribution is 7.17. The van der Waals surface area contributed by atoms with Crippen LogP contribution in [0.3, 0.4) is 0 Å². The number of ether oxygens (including phenoxy) is 2. The molecule has 0 saturated heterocycles. The van der Waals surface area contributed by atoms with Crippen molar-refractivity contribution in [1.82, 2.24) is 0 Å². The van der Waals surface area contributed by atoms with Crippen molar-refractivity contribution in [3.8, 4) is 16.2 Å². The topological polar surface area (TPSA) is 52.6 Å². The summed E-state index contributed by atoms with van der Waals surface area (Å²) < 4.78 is 10.9. The standard InChI is InChI=1S/C18H12O4S2/c19-13(15-6-3-7-23-15)10-22-18(20)16-8-11-9-21-14-5-2-1-4-12(14)17(11)24-16/h1-8H,9-10H2. The van der Waals surface area contributed by atoms with Gasteiger partial charge in [0.25, 0.3) is 0 Å². The first-order chi connectivity index (χ1) is 11.7. The minimum Gasteiger partial charge on any atom is -0.488 e. The van der Waals surface area contributed by atoms with Crippen LogP contribution in [0.2, 0.25) is 0 Å². The summed E-state index contributed by atoms with van der Waals surface area (Å²) in [7, 11) is 0. The molecule has 0 aliphatic carbocycles. The quantitative estimate of drug-likeness (QED) is 0.513. The molecule has 6 heteroatoms. The number of hydrogen-bond acceptors (Lipinski definition) is 6. The number of esters is 1. The average Bonchev–Trinajstić information content (AvgIpc) is 3.28. The molecule has 0 amide bonds. The number of Topliss-reactive ketones (excluding diaryl/α,β-unsaturated/α-hetero) is 1. The molecular weight excluding hydrogens is 344 g/mol. The van der Waals surface area contributed by atoms with E-state index in [2.05, 4.69) is 0 Å². The lowest BCUT2D eigenvalue weighted by Gasteiger charge is -2.16. The van der Waals surface area contributed by atoms with Crippen molar-refractivity contribution >= 4 is 34.4 Å². The summed E-state index contributed by atoms with van der Waals surface area (Å²) in [6.45, 7) is 0.194. The highest BCUT2D eigenvalue weighted by atomic mass is 32.1. The third-order valence-corrected chi connectivity index (χ3v) is 5.76. The molecule has 24 heavy (non-hydrogen) atoms. The number of carbonyl (C=O) groups is 2. The van der Waals surface area contributed by atoms with Gasteiger partial charge in [-0.15, -0.1) is 22.7 Å². The van der Waals surface area contributed by atoms with Gasteiger partial charge in [-0.05, 0) is 29.6 Å². The van der Waals surface area contributed by atoms with Gasteiger partial charge in [-0.2, -0.15) is 0 Å². The zero-order valence-corrected chi connectivity index (χ0v) is 14.1. The van der Waals surface area contributed by atoms with E-state index in [1.54, 1.807) is 18.2 Å². The molecule has 120 valence electrons. The van der Waals surface area contributed by atoms with Crippen molar-refractivity contribution < 1.29 is 19.1 Å². The highest BCUT2D eigenvalue weighted by Gasteiger charge is 2.23. The summed E-state index contributed by atoms with van der Waals surface area (Å²) in [6.07, 6.45) is 0. The van der Waals surface area contributed by atoms with Crippen LogP contribution >= 0.6 is 22.7 Å². The van der Waals surface area contributed by atoms with Gasteiger partial charge in [-0.1, -0.05) is 18.2 Å². The Morgan fingerprint density at radius 2 is 2.00 bits per heavy atom. The maximum absolute atomic E-state index is 12.2. The van der Waals surface area contributed by atoms with E-state index in [0.29, 0.717) is 16.4 Å². The fourth-order valence-corrected chi connectivity index (χ4v) is 4.25. The summed E-state index contributed by atoms with van der Waals surface area (Å²) in [4.78, 5) is 26.3. The molecule has 3 heterocycles. The Balaban J connectivity index is 1.51. The fraction of sp³-hybridized carbons (Fsp3) is 0.111. The van der Waals surface area contributed by atoms with E-state index < -0.39 is 5.97 Å². The Morgan fingerprint density at radius 3 is 2.83 bits per heavy atom. The predicted molar refractivity (Wildman–Crippen MR) is 93.0 cm³/mol. The van der Waals surface area contributed by atoms with E-state index in [1.165, 1.54) is 22.7 Å². The molecule has 0 unspecified atom stereocenters. The molecule has 4 nitrogen and oxygen atoms in total. The van der Waals surface area contributed by atoms with Crippen LogP contribution in [-0.4, -0.2) is 18.4 Å². The first-order valence-electron chi connectivity index (χ1n) is 7.31. The number of hydrogen-bond donors (Lipinski definition) is 0. The van der Waals surface area contributed by atoms with Gasteiger partial charge in [-0.25, -0.2) is 4.79 Å². The van der Waals surface area contributed by atoms with Gasteiger partial charge in [0.05, 0.1) is 4.88 Å². The van der Waals surface area contributed by atoms with Crippen molar-refractivity contribution in [1.29, 1.82) is 0 Å². The molecular formula is C18H12O4S2. The third-order valence-electron chi connectivity index (χ3n) is 3.66. The molecule has 0 bridgehead atoms. The summed E-state index contributed by atoms with van der Waals surface area (Å²) in [5.74, 6) is 0.157. The zero-order valence-electron chi connectivity index (χ0n) is 12.5. The van der Waals surface area contributed by atoms with Gasteiger partial charge < -0.3 is 9.47 Å². The van der Waals surface area contributed by atoms with Crippen LogP contribution in [0.15, 0.2) is 47.8 Å². The smallest absolute Gasteiger partial charge is 0.348 e. The maximum atomic E-state index is 12.2. The largest absolute Gasteiger partial charge is 0.488 e. The number of thiophene rings is 2. The summed E-state index contributed by atoms with van der Waals surface area (Å²) >= 11 is 2.71. The van der Waals surface area contributed by atoms with Crippen LogP contribution < -0.4 is 4.74 Å². The van der Waals surface area contributed by atoms with Crippen LogP contribution in [-0.2, 0) is 11.3 Å². The Labute approximate surface area is 146 Å². The number of ketones is 1. The summed E-state index contributed by atoms with van der Waals surface area (Å²) in [5, 5.41) is 1.82. The number of carbonyl (C=O) groups excluding carboxylic acids is 2. The van der Waals surface area contributed by atoms with Gasteiger partial charge >= 0.3 is 5.97 Å². The van der Waals surface area contributed by atoms with Gasteiger partial charge in [0.2, 0.25) is 5.78 Å². The van der Waals surface area contributed by atoms with Crippen LogP contribution in [0.1, 0.15) is 24.9 Å². The molecule has 0 atom stereocenters. The van der Waals surface area contributed by atoms with Crippen molar-refractivity contribution in [2.24, 2.45) is 0 Å². The molecule has 1 aliphatic rings. The first kappa shape index (κ1) is 15.1. The zero-order chi connectivity index (χ0) is 16.5. The third kappa shape index (κ3) is 2.74. The minimum absolute atomic E-state index is 0.187. The van der Waals surface area contributed by atoms with Crippen molar-refractivity contribution in [2.45, 2.75) is 6.61 Å². The molecule has 2 aromatic heterocycles. The van der Waals surface area contributed by atoms with E-state index in [0.717, 1.165) is 21.8 Å². The van der Waals surface area contributed by atoms with E-state index in [-0.39, 0.29) is 12.4 Å². The van der Waals surface area contributed by atoms with Crippen molar-refractivity contribution in [2.75, 3.05) is 6.61 Å². The van der Waals surface area contributed by atoms with E-state index in [1.807, 2.05) is 29.6 Å². The molecule has 0 fully saturated rings. The van der Waals surface area contributed by atoms with Gasteiger partial charge in [0.15, 0.2) is 6.61 Å². The van der Waals surface area contributed by atoms with Crippen molar-refractivity contribution in [3.63, 3.8) is 0 Å². The molecule has 1 aliphatic heterocycles. The lowest BCUT2D eigenvalue weighted by Crippen LogP contribution is -2.12. The molecule has 0 N–H and O–H groups in total. The monoisotopic (exact) mass is 356 g/mol. The number of para-hydroxylation sites is 1. The highest BCUT2D eigenvalue weighted by Crippen LogP contribution is 2.42. The lowest BCUT2D eigenvalue weighted by molar-refractivity contribution is 0.0480. The van der Waals surface area contributed by atoms with Crippen LogP contribution in [0.5, 0.6) is 5.75 Å². The normalized spacial score (nSPS) is 12.0. The molecule has 0 saturated carbocycles. The van der Waals surface area contributed by atoms with Crippen LogP contribution in [0.25, 0.3) is 10.4 Å². The number of fused-ring (bicyclic) bond motifs is 3. The van der Waals surface area contributed by atoms with E-state index in [9.17, 15) is 9.59 Å². The van der Waals surface area contributed by atoms with Crippen LogP contribution in [0.4, 0.5) is 0 Å². The van der Waals surface area contributed by atoms with Crippen molar-refractivity contribution in [3.05, 3.63) is 63.2 Å².